The molecule has 10 heteroatoms. The first kappa shape index (κ1) is 37.5. The molecular weight excluding hydrogens is 759 g/mol. The van der Waals surface area contributed by atoms with E-state index in [0.29, 0.717) is 33.9 Å². The van der Waals surface area contributed by atoms with Crippen LogP contribution < -0.4 is 0 Å². The van der Waals surface area contributed by atoms with Crippen molar-refractivity contribution < 1.29 is 26.3 Å². The molecule has 0 radical (unpaired) electrons. The van der Waals surface area contributed by atoms with Gasteiger partial charge in [0.2, 0.25) is 0 Å². The first-order chi connectivity index (χ1) is 28.3. The number of alkyl halides is 6. The van der Waals surface area contributed by atoms with Gasteiger partial charge in [0, 0.05) is 33.0 Å². The molecule has 290 valence electrons. The van der Waals surface area contributed by atoms with Crippen LogP contribution in [0, 0.1) is 13.8 Å². The Bertz CT molecular complexity index is 2930. The monoisotopic (exact) mass is 790 g/mol. The second-order valence-corrected chi connectivity index (χ2v) is 14.5. The Labute approximate surface area is 335 Å². The smallest absolute Gasteiger partial charge is 0.309 e. The first-order valence-electron chi connectivity index (χ1n) is 18.7. The molecule has 2 aromatic heterocycles. The minimum Gasteiger partial charge on any atom is -0.309 e. The second-order valence-electron chi connectivity index (χ2n) is 14.5. The van der Waals surface area contributed by atoms with Crippen LogP contribution in [-0.4, -0.2) is 19.5 Å². The van der Waals surface area contributed by atoms with Crippen LogP contribution >= 0.6 is 0 Å². The highest BCUT2D eigenvalue weighted by Crippen LogP contribution is 2.43. The Morgan fingerprint density at radius 1 is 0.390 bits per heavy atom. The standard InChI is InChI=1S/C49H32F6N4/c1-29-21-30(2)23-35(22-29)33-18-20-43-41(26-33)40-15-9-10-16-42(40)59(43)44-27-34(17-19-39(44)36-24-37(48(50,51)52)28-38(25-36)49(53,54)55)47-57-45(31-11-5-3-6-12-31)56-46(58-47)32-13-7-4-8-14-32/h3-28H,1-2H3. The van der Waals surface area contributed by atoms with E-state index in [1.165, 1.54) is 0 Å². The van der Waals surface area contributed by atoms with Gasteiger partial charge in [0.15, 0.2) is 17.5 Å². The largest absolute Gasteiger partial charge is 0.416 e. The molecule has 0 unspecified atom stereocenters. The SMILES string of the molecule is Cc1cc(C)cc(-c2ccc3c(c2)c2ccccc2n3-c2cc(-c3nc(-c4ccccc4)nc(-c4ccccc4)n3)ccc2-c2cc(C(F)(F)F)cc(C(F)(F)F)c2)c1. The fraction of sp³-hybridized carbons (Fsp3) is 0.0816. The Hall–Kier alpha value is -7.07. The third-order valence-electron chi connectivity index (χ3n) is 10.3. The topological polar surface area (TPSA) is 43.6 Å². The van der Waals surface area contributed by atoms with Gasteiger partial charge in [0.25, 0.3) is 0 Å². The number of aryl methyl sites for hydroxylation is 2. The molecule has 59 heavy (non-hydrogen) atoms. The number of hydrogen-bond donors (Lipinski definition) is 0. The van der Waals surface area contributed by atoms with Gasteiger partial charge in [0.1, 0.15) is 0 Å². The number of hydrogen-bond acceptors (Lipinski definition) is 3. The van der Waals surface area contributed by atoms with Gasteiger partial charge in [-0.25, -0.2) is 15.0 Å². The zero-order chi connectivity index (χ0) is 41.1. The van der Waals surface area contributed by atoms with Gasteiger partial charge in [0.05, 0.1) is 27.8 Å². The third kappa shape index (κ3) is 7.22. The van der Waals surface area contributed by atoms with Crippen LogP contribution in [0.1, 0.15) is 22.3 Å². The highest BCUT2D eigenvalue weighted by molar-refractivity contribution is 6.11. The van der Waals surface area contributed by atoms with Crippen molar-refractivity contribution in [1.82, 2.24) is 19.5 Å². The summed E-state index contributed by atoms with van der Waals surface area (Å²) in [5.74, 6) is 1.05. The van der Waals surface area contributed by atoms with E-state index in [1.54, 1.807) is 18.2 Å². The summed E-state index contributed by atoms with van der Waals surface area (Å²) in [6, 6.07) is 45.2. The Kier molecular flexibility index (Phi) is 9.15. The number of rotatable bonds is 6. The molecule has 0 N–H and O–H groups in total. The van der Waals surface area contributed by atoms with E-state index in [4.69, 9.17) is 15.0 Å². The van der Waals surface area contributed by atoms with Crippen LogP contribution in [0.3, 0.4) is 0 Å². The van der Waals surface area contributed by atoms with Crippen molar-refractivity contribution in [3.8, 4) is 62.1 Å². The molecule has 9 rings (SSSR count). The zero-order valence-electron chi connectivity index (χ0n) is 31.6. The fourth-order valence-corrected chi connectivity index (χ4v) is 7.70. The van der Waals surface area contributed by atoms with Gasteiger partial charge in [-0.3, -0.25) is 0 Å². The number of para-hydroxylation sites is 1. The summed E-state index contributed by atoms with van der Waals surface area (Å²) < 4.78 is 87.8. The highest BCUT2D eigenvalue weighted by Gasteiger charge is 2.37. The molecule has 9 aromatic rings. The minimum absolute atomic E-state index is 0.145. The van der Waals surface area contributed by atoms with Crippen LogP contribution in [-0.2, 0) is 12.4 Å². The van der Waals surface area contributed by atoms with E-state index >= 15 is 0 Å². The van der Waals surface area contributed by atoms with Gasteiger partial charge in [-0.1, -0.05) is 126 Å². The summed E-state index contributed by atoms with van der Waals surface area (Å²) in [4.78, 5) is 14.5. The average molecular weight is 791 g/mol. The molecule has 2 heterocycles. The quantitative estimate of drug-likeness (QED) is 0.158. The molecule has 0 bridgehead atoms. The third-order valence-corrected chi connectivity index (χ3v) is 10.3. The molecule has 0 amide bonds. The van der Waals surface area contributed by atoms with Crippen molar-refractivity contribution in [1.29, 1.82) is 0 Å². The maximum absolute atomic E-state index is 14.3. The molecule has 0 fully saturated rings. The van der Waals surface area contributed by atoms with Gasteiger partial charge in [-0.05, 0) is 73.0 Å². The van der Waals surface area contributed by atoms with E-state index in [-0.39, 0.29) is 23.0 Å². The number of fused-ring (bicyclic) bond motifs is 3. The maximum Gasteiger partial charge on any atom is 0.416 e. The van der Waals surface area contributed by atoms with Crippen molar-refractivity contribution in [2.45, 2.75) is 26.2 Å². The molecule has 4 nitrogen and oxygen atoms in total. The van der Waals surface area contributed by atoms with Crippen molar-refractivity contribution >= 4 is 21.8 Å². The molecule has 0 spiro atoms. The lowest BCUT2D eigenvalue weighted by Crippen LogP contribution is -2.11. The summed E-state index contributed by atoms with van der Waals surface area (Å²) in [5.41, 5.74) is 4.94. The van der Waals surface area contributed by atoms with Crippen molar-refractivity contribution in [2.75, 3.05) is 0 Å². The summed E-state index contributed by atoms with van der Waals surface area (Å²) in [5, 5.41) is 1.70. The van der Waals surface area contributed by atoms with Gasteiger partial charge in [-0.2, -0.15) is 26.3 Å². The number of benzene rings is 7. The van der Waals surface area contributed by atoms with Crippen LogP contribution in [0.25, 0.3) is 83.9 Å². The predicted octanol–water partition coefficient (Wildman–Crippen LogP) is 14.0. The number of halogens is 6. The van der Waals surface area contributed by atoms with E-state index in [2.05, 4.69) is 24.3 Å². The Morgan fingerprint density at radius 2 is 0.898 bits per heavy atom. The summed E-state index contributed by atoms with van der Waals surface area (Å²) in [6.45, 7) is 4.07. The lowest BCUT2D eigenvalue weighted by molar-refractivity contribution is -0.143. The minimum atomic E-state index is -5.04. The maximum atomic E-state index is 14.3. The van der Waals surface area contributed by atoms with Crippen LogP contribution in [0.2, 0.25) is 0 Å². The second kappa shape index (κ2) is 14.4. The van der Waals surface area contributed by atoms with Crippen molar-refractivity contribution in [3.05, 3.63) is 180 Å². The molecule has 0 aliphatic rings. The number of aromatic nitrogens is 4. The fourth-order valence-electron chi connectivity index (χ4n) is 7.70. The highest BCUT2D eigenvalue weighted by atomic mass is 19.4. The molecule has 0 saturated heterocycles. The Balaban J connectivity index is 1.35. The molecule has 0 aliphatic carbocycles. The van der Waals surface area contributed by atoms with Gasteiger partial charge >= 0.3 is 12.4 Å². The molecule has 0 aliphatic heterocycles. The summed E-state index contributed by atoms with van der Waals surface area (Å²) >= 11 is 0. The van der Waals surface area contributed by atoms with E-state index in [9.17, 15) is 26.3 Å². The van der Waals surface area contributed by atoms with Crippen molar-refractivity contribution in [3.63, 3.8) is 0 Å². The predicted molar refractivity (Wildman–Crippen MR) is 221 cm³/mol. The van der Waals surface area contributed by atoms with E-state index < -0.39 is 23.5 Å². The molecular formula is C49H32F6N4. The first-order valence-corrected chi connectivity index (χ1v) is 18.7. The van der Waals surface area contributed by atoms with Gasteiger partial charge < -0.3 is 4.57 Å². The average Bonchev–Trinajstić information content (AvgIpc) is 3.56. The van der Waals surface area contributed by atoms with Crippen LogP contribution in [0.15, 0.2) is 158 Å². The summed E-state index contributed by atoms with van der Waals surface area (Å²) in [6.07, 6.45) is -10.1. The van der Waals surface area contributed by atoms with Crippen LogP contribution in [0.5, 0.6) is 0 Å². The Morgan fingerprint density at radius 3 is 1.47 bits per heavy atom. The number of nitrogens with zero attached hydrogens (tertiary/aromatic N) is 4. The zero-order valence-corrected chi connectivity index (χ0v) is 31.6. The van der Waals surface area contributed by atoms with Crippen LogP contribution in [0.4, 0.5) is 26.3 Å². The lowest BCUT2D eigenvalue weighted by atomic mass is 9.96. The van der Waals surface area contributed by atoms with Crippen molar-refractivity contribution in [2.24, 2.45) is 0 Å². The lowest BCUT2D eigenvalue weighted by Gasteiger charge is -2.19. The molecule has 0 atom stereocenters. The van der Waals surface area contributed by atoms with E-state index in [0.717, 1.165) is 56.3 Å². The normalized spacial score (nSPS) is 12.1. The molecule has 0 saturated carbocycles. The summed E-state index contributed by atoms with van der Waals surface area (Å²) in [7, 11) is 0. The van der Waals surface area contributed by atoms with E-state index in [1.807, 2.05) is 115 Å². The molecule has 7 aromatic carbocycles. The van der Waals surface area contributed by atoms with Gasteiger partial charge in [-0.15, -0.1) is 0 Å².